The van der Waals surface area contributed by atoms with E-state index in [1.807, 2.05) is 0 Å². The SMILES string of the molecule is O=C(CO)c1ccc(OCC2CO2)c(CCC(F)(F)F)c1. The molecule has 1 atom stereocenters. The van der Waals surface area contributed by atoms with Crippen LogP contribution in [-0.2, 0) is 11.2 Å². The number of hydrogen-bond donors (Lipinski definition) is 1. The number of aliphatic hydroxyl groups excluding tert-OH is 1. The zero-order valence-corrected chi connectivity index (χ0v) is 11.2. The van der Waals surface area contributed by atoms with E-state index in [0.717, 1.165) is 0 Å². The first kappa shape index (κ1) is 15.8. The number of ether oxygens (including phenoxy) is 2. The fourth-order valence-corrected chi connectivity index (χ4v) is 1.80. The van der Waals surface area contributed by atoms with Crippen LogP contribution in [0.25, 0.3) is 0 Å². The molecule has 1 N–H and O–H groups in total. The number of alkyl halides is 3. The lowest BCUT2D eigenvalue weighted by Gasteiger charge is -2.13. The summed E-state index contributed by atoms with van der Waals surface area (Å²) in [5, 5.41) is 8.81. The predicted molar refractivity (Wildman–Crippen MR) is 67.5 cm³/mol. The molecule has 0 bridgehead atoms. The average molecular weight is 304 g/mol. The van der Waals surface area contributed by atoms with E-state index < -0.39 is 25.0 Å². The van der Waals surface area contributed by atoms with Gasteiger partial charge in [0.1, 0.15) is 25.1 Å². The normalized spacial score (nSPS) is 17.6. The average Bonchev–Trinajstić information content (AvgIpc) is 3.25. The first-order valence-corrected chi connectivity index (χ1v) is 6.47. The minimum Gasteiger partial charge on any atom is -0.491 e. The summed E-state index contributed by atoms with van der Waals surface area (Å²) in [7, 11) is 0. The minimum absolute atomic E-state index is 0.0146. The second kappa shape index (κ2) is 6.44. The van der Waals surface area contributed by atoms with E-state index in [4.69, 9.17) is 14.6 Å². The van der Waals surface area contributed by atoms with E-state index in [1.54, 1.807) is 0 Å². The van der Waals surface area contributed by atoms with Crippen LogP contribution in [0.4, 0.5) is 13.2 Å². The number of aliphatic hydroxyl groups is 1. The van der Waals surface area contributed by atoms with Crippen molar-refractivity contribution in [3.63, 3.8) is 0 Å². The number of ketones is 1. The molecule has 0 spiro atoms. The third-order valence-electron chi connectivity index (χ3n) is 3.03. The molecule has 4 nitrogen and oxygen atoms in total. The lowest BCUT2D eigenvalue weighted by Crippen LogP contribution is -2.12. The van der Waals surface area contributed by atoms with Crippen molar-refractivity contribution in [2.24, 2.45) is 0 Å². The van der Waals surface area contributed by atoms with E-state index in [2.05, 4.69) is 0 Å². The van der Waals surface area contributed by atoms with Gasteiger partial charge in [-0.1, -0.05) is 0 Å². The Kier molecular flexibility index (Phi) is 4.84. The molecule has 1 aromatic carbocycles. The molecule has 0 aliphatic carbocycles. The summed E-state index contributed by atoms with van der Waals surface area (Å²) in [6.45, 7) is 0.167. The Balaban J connectivity index is 2.14. The van der Waals surface area contributed by atoms with Gasteiger partial charge in [0, 0.05) is 12.0 Å². The van der Waals surface area contributed by atoms with Gasteiger partial charge in [0.05, 0.1) is 6.61 Å². The van der Waals surface area contributed by atoms with Gasteiger partial charge < -0.3 is 14.6 Å². The van der Waals surface area contributed by atoms with Gasteiger partial charge in [-0.2, -0.15) is 13.2 Å². The van der Waals surface area contributed by atoms with E-state index >= 15 is 0 Å². The third kappa shape index (κ3) is 5.02. The summed E-state index contributed by atoms with van der Waals surface area (Å²) >= 11 is 0. The number of hydrogen-bond acceptors (Lipinski definition) is 4. The molecule has 116 valence electrons. The smallest absolute Gasteiger partial charge is 0.389 e. The molecule has 1 aromatic rings. The van der Waals surface area contributed by atoms with Crippen molar-refractivity contribution in [1.82, 2.24) is 0 Å². The van der Waals surface area contributed by atoms with Crippen LogP contribution >= 0.6 is 0 Å². The van der Waals surface area contributed by atoms with Gasteiger partial charge in [0.15, 0.2) is 5.78 Å². The molecule has 0 amide bonds. The maximum atomic E-state index is 12.4. The van der Waals surface area contributed by atoms with Crippen molar-refractivity contribution in [1.29, 1.82) is 0 Å². The molecule has 1 fully saturated rings. The lowest BCUT2D eigenvalue weighted by atomic mass is 10.0. The first-order valence-electron chi connectivity index (χ1n) is 6.47. The fraction of sp³-hybridized carbons (Fsp3) is 0.500. The highest BCUT2D eigenvalue weighted by molar-refractivity contribution is 5.97. The highest BCUT2D eigenvalue weighted by Crippen LogP contribution is 2.28. The lowest BCUT2D eigenvalue weighted by molar-refractivity contribution is -0.134. The molecular formula is C14H15F3O4. The molecule has 0 saturated carbocycles. The Labute approximate surface area is 119 Å². The van der Waals surface area contributed by atoms with Gasteiger partial charge >= 0.3 is 6.18 Å². The van der Waals surface area contributed by atoms with Crippen LogP contribution in [-0.4, -0.2) is 43.0 Å². The Morgan fingerprint density at radius 2 is 2.14 bits per heavy atom. The summed E-state index contributed by atoms with van der Waals surface area (Å²) in [5.74, 6) is -0.232. The summed E-state index contributed by atoms with van der Waals surface area (Å²) in [4.78, 5) is 11.4. The molecule has 1 aliphatic heterocycles. The molecule has 7 heteroatoms. The minimum atomic E-state index is -4.28. The number of carbonyl (C=O) groups excluding carboxylic acids is 1. The predicted octanol–water partition coefficient (Wildman–Crippen LogP) is 2.13. The van der Waals surface area contributed by atoms with Gasteiger partial charge in [0.2, 0.25) is 0 Å². The number of rotatable bonds is 7. The Morgan fingerprint density at radius 1 is 1.43 bits per heavy atom. The second-order valence-electron chi connectivity index (χ2n) is 4.79. The molecule has 1 saturated heterocycles. The Morgan fingerprint density at radius 3 is 2.71 bits per heavy atom. The zero-order chi connectivity index (χ0) is 15.5. The van der Waals surface area contributed by atoms with Crippen LogP contribution in [0.3, 0.4) is 0 Å². The van der Waals surface area contributed by atoms with Crippen molar-refractivity contribution in [3.05, 3.63) is 29.3 Å². The maximum Gasteiger partial charge on any atom is 0.389 e. The number of carbonyl (C=O) groups is 1. The quantitative estimate of drug-likeness (QED) is 0.619. The van der Waals surface area contributed by atoms with Gasteiger partial charge in [0.25, 0.3) is 0 Å². The zero-order valence-electron chi connectivity index (χ0n) is 11.2. The number of Topliss-reactive ketones (excluding diaryl/α,β-unsaturated/α-hetero) is 1. The highest BCUT2D eigenvalue weighted by Gasteiger charge is 2.28. The van der Waals surface area contributed by atoms with E-state index in [-0.39, 0.29) is 24.7 Å². The van der Waals surface area contributed by atoms with Gasteiger partial charge in [-0.05, 0) is 30.2 Å². The fourth-order valence-electron chi connectivity index (χ4n) is 1.80. The van der Waals surface area contributed by atoms with Crippen molar-refractivity contribution in [2.75, 3.05) is 19.8 Å². The Bertz CT molecular complexity index is 509. The first-order chi connectivity index (χ1) is 9.89. The van der Waals surface area contributed by atoms with Crippen LogP contribution in [0.1, 0.15) is 22.3 Å². The molecular weight excluding hydrogens is 289 g/mol. The van der Waals surface area contributed by atoms with Crippen LogP contribution in [0, 0.1) is 0 Å². The van der Waals surface area contributed by atoms with E-state index in [1.165, 1.54) is 18.2 Å². The number of epoxide rings is 1. The Hall–Kier alpha value is -1.60. The van der Waals surface area contributed by atoms with Crippen LogP contribution in [0.5, 0.6) is 5.75 Å². The molecule has 1 heterocycles. The van der Waals surface area contributed by atoms with Crippen LogP contribution in [0.2, 0.25) is 0 Å². The van der Waals surface area contributed by atoms with Crippen molar-refractivity contribution in [3.8, 4) is 5.75 Å². The van der Waals surface area contributed by atoms with Gasteiger partial charge in [-0.25, -0.2) is 0 Å². The van der Waals surface area contributed by atoms with E-state index in [9.17, 15) is 18.0 Å². The van der Waals surface area contributed by atoms with Crippen molar-refractivity contribution in [2.45, 2.75) is 25.1 Å². The standard InChI is InChI=1S/C14H15F3O4/c15-14(16,17)4-3-10-5-9(12(19)6-18)1-2-13(10)21-8-11-7-20-11/h1-2,5,11,18H,3-4,6-8H2. The largest absolute Gasteiger partial charge is 0.491 e. The summed E-state index contributed by atoms with van der Waals surface area (Å²) in [6.07, 6.45) is -5.58. The van der Waals surface area contributed by atoms with Gasteiger partial charge in [-0.15, -0.1) is 0 Å². The molecule has 0 radical (unpaired) electrons. The number of halogens is 3. The number of benzene rings is 1. The summed E-state index contributed by atoms with van der Waals surface area (Å²) in [5.41, 5.74) is 0.469. The van der Waals surface area contributed by atoms with Gasteiger partial charge in [-0.3, -0.25) is 4.79 Å². The van der Waals surface area contributed by atoms with Crippen molar-refractivity contribution >= 4 is 5.78 Å². The highest BCUT2D eigenvalue weighted by atomic mass is 19.4. The third-order valence-corrected chi connectivity index (χ3v) is 3.03. The molecule has 0 aromatic heterocycles. The number of aryl methyl sites for hydroxylation is 1. The van der Waals surface area contributed by atoms with Crippen LogP contribution < -0.4 is 4.74 Å². The van der Waals surface area contributed by atoms with Crippen LogP contribution in [0.15, 0.2) is 18.2 Å². The molecule has 21 heavy (non-hydrogen) atoms. The summed E-state index contributed by atoms with van der Waals surface area (Å²) < 4.78 is 47.5. The van der Waals surface area contributed by atoms with Crippen molar-refractivity contribution < 1.29 is 32.5 Å². The monoisotopic (exact) mass is 304 g/mol. The summed E-state index contributed by atoms with van der Waals surface area (Å²) in [6, 6.07) is 4.23. The topological polar surface area (TPSA) is 59.1 Å². The molecule has 1 unspecified atom stereocenters. The molecule has 2 rings (SSSR count). The molecule has 1 aliphatic rings. The maximum absolute atomic E-state index is 12.4. The van der Waals surface area contributed by atoms with E-state index in [0.29, 0.717) is 17.9 Å². The second-order valence-corrected chi connectivity index (χ2v) is 4.79.